The van der Waals surface area contributed by atoms with Crippen molar-refractivity contribution in [2.24, 2.45) is 10.2 Å². The van der Waals surface area contributed by atoms with Crippen LogP contribution in [-0.4, -0.2) is 71.0 Å². The zero-order chi connectivity index (χ0) is 22.3. The summed E-state index contributed by atoms with van der Waals surface area (Å²) in [6.07, 6.45) is 4.38. The first-order valence-electron chi connectivity index (χ1n) is 10.0. The van der Waals surface area contributed by atoms with Gasteiger partial charge in [-0.05, 0) is 59.2 Å². The number of hydrogen-bond acceptors (Lipinski definition) is 7. The van der Waals surface area contributed by atoms with Gasteiger partial charge in [0, 0.05) is 54.6 Å². The van der Waals surface area contributed by atoms with Gasteiger partial charge in [0.05, 0.1) is 0 Å². The second kappa shape index (κ2) is 11.1. The molecule has 2 bridgehead atoms. The highest BCUT2D eigenvalue weighted by atomic mass is 35.5. The number of pyridine rings is 1. The van der Waals surface area contributed by atoms with Gasteiger partial charge in [0.15, 0.2) is 5.17 Å². The number of amidine groups is 1. The van der Waals surface area contributed by atoms with Gasteiger partial charge in [-0.15, -0.1) is 5.10 Å². The zero-order valence-electron chi connectivity index (χ0n) is 18.5. The molecule has 9 heteroatoms. The molecule has 2 aliphatic rings. The summed E-state index contributed by atoms with van der Waals surface area (Å²) in [4.78, 5) is 18.8. The summed E-state index contributed by atoms with van der Waals surface area (Å²) < 4.78 is 4.55. The Morgan fingerprint density at radius 1 is 1.40 bits per heavy atom. The molecule has 0 spiro atoms. The molecule has 7 nitrogen and oxygen atoms in total. The lowest BCUT2D eigenvalue weighted by molar-refractivity contribution is -0.138. The van der Waals surface area contributed by atoms with Crippen LogP contribution in [0.5, 0.6) is 0 Å². The fraction of sp³-hybridized carbons (Fsp3) is 0.619. The Kier molecular flexibility index (Phi) is 9.12. The van der Waals surface area contributed by atoms with Gasteiger partial charge in [0.1, 0.15) is 5.60 Å². The molecule has 0 aliphatic carbocycles. The number of ether oxygens (including phenoxy) is 1. The molecule has 3 rings (SSSR count). The molecular formula is C21H32ClN5O2S. The number of carbonyl (C=O) groups excluding carboxylic acids is 1. The van der Waals surface area contributed by atoms with Gasteiger partial charge >= 0.3 is 0 Å². The molecule has 0 amide bonds. The highest BCUT2D eigenvalue weighted by molar-refractivity contribution is 8.13. The molecule has 0 N–H and O–H groups in total. The Morgan fingerprint density at radius 2 is 2.03 bits per heavy atom. The number of likely N-dealkylation sites (tertiary alicyclic amines) is 1. The van der Waals surface area contributed by atoms with E-state index in [0.29, 0.717) is 18.6 Å². The molecule has 1 aromatic rings. The Hall–Kier alpha value is -1.64. The van der Waals surface area contributed by atoms with Crippen molar-refractivity contribution in [3.63, 3.8) is 0 Å². The summed E-state index contributed by atoms with van der Waals surface area (Å²) in [5, 5.41) is 9.72. The Bertz CT molecular complexity index is 754. The highest BCUT2D eigenvalue weighted by Crippen LogP contribution is 2.31. The maximum Gasteiger partial charge on any atom is 0.293 e. The van der Waals surface area contributed by atoms with Crippen LogP contribution in [0, 0.1) is 6.92 Å². The summed E-state index contributed by atoms with van der Waals surface area (Å²) in [5.74, 6) is 0.738. The van der Waals surface area contributed by atoms with E-state index in [2.05, 4.69) is 43.5 Å². The largest absolute Gasteiger partial charge is 0.462 e. The topological polar surface area (TPSA) is 70.4 Å². The first-order chi connectivity index (χ1) is 14.1. The van der Waals surface area contributed by atoms with E-state index in [4.69, 9.17) is 11.6 Å². The fourth-order valence-corrected chi connectivity index (χ4v) is 4.78. The predicted octanol–water partition coefficient (Wildman–Crippen LogP) is 3.98. The van der Waals surface area contributed by atoms with Gasteiger partial charge < -0.3 is 9.64 Å². The molecule has 2 atom stereocenters. The van der Waals surface area contributed by atoms with Crippen LogP contribution in [0.25, 0.3) is 0 Å². The van der Waals surface area contributed by atoms with Crippen molar-refractivity contribution in [2.45, 2.75) is 64.0 Å². The van der Waals surface area contributed by atoms with Crippen molar-refractivity contribution in [1.82, 2.24) is 14.8 Å². The van der Waals surface area contributed by atoms with E-state index in [1.165, 1.54) is 12.8 Å². The molecule has 0 saturated carbocycles. The summed E-state index contributed by atoms with van der Waals surface area (Å²) in [7, 11) is 2.23. The minimum absolute atomic E-state index is 0.318. The van der Waals surface area contributed by atoms with Gasteiger partial charge in [-0.25, -0.2) is 0 Å². The summed E-state index contributed by atoms with van der Waals surface area (Å²) in [5.41, 5.74) is 1.64. The number of carbonyl (C=O) groups is 1. The summed E-state index contributed by atoms with van der Waals surface area (Å²) >= 11 is 7.96. The molecule has 2 fully saturated rings. The molecule has 30 heavy (non-hydrogen) atoms. The Labute approximate surface area is 188 Å². The van der Waals surface area contributed by atoms with Crippen molar-refractivity contribution < 1.29 is 9.53 Å². The van der Waals surface area contributed by atoms with E-state index in [9.17, 15) is 4.79 Å². The molecule has 0 radical (unpaired) electrons. The fourth-order valence-electron chi connectivity index (χ4n) is 3.46. The summed E-state index contributed by atoms with van der Waals surface area (Å²) in [6, 6.07) is 3.14. The lowest BCUT2D eigenvalue weighted by Gasteiger charge is -2.39. The number of piperazine rings is 1. The second-order valence-corrected chi connectivity index (χ2v) is 9.86. The van der Waals surface area contributed by atoms with Crippen molar-refractivity contribution in [3.05, 3.63) is 28.5 Å². The number of thioether (sulfide) groups is 1. The first-order valence-corrected chi connectivity index (χ1v) is 11.4. The maximum absolute atomic E-state index is 9.60. The minimum Gasteiger partial charge on any atom is -0.462 e. The van der Waals surface area contributed by atoms with Crippen LogP contribution in [0.4, 0.5) is 0 Å². The lowest BCUT2D eigenvalue weighted by atomic mass is 10.2. The van der Waals surface area contributed by atoms with Gasteiger partial charge in [-0.1, -0.05) is 23.4 Å². The number of aryl methyl sites for hydroxylation is 1. The van der Waals surface area contributed by atoms with Crippen LogP contribution in [0.3, 0.4) is 0 Å². The van der Waals surface area contributed by atoms with Gasteiger partial charge in [0.2, 0.25) is 0 Å². The van der Waals surface area contributed by atoms with Gasteiger partial charge in [0.25, 0.3) is 6.47 Å². The van der Waals surface area contributed by atoms with Crippen molar-refractivity contribution in [2.75, 3.05) is 20.1 Å². The van der Waals surface area contributed by atoms with Gasteiger partial charge in [-0.2, -0.15) is 5.10 Å². The van der Waals surface area contributed by atoms with Gasteiger partial charge in [-0.3, -0.25) is 14.7 Å². The molecule has 2 saturated heterocycles. The molecule has 2 aliphatic heterocycles. The van der Waals surface area contributed by atoms with E-state index >= 15 is 0 Å². The monoisotopic (exact) mass is 453 g/mol. The van der Waals surface area contributed by atoms with Crippen LogP contribution in [-0.2, 0) is 15.3 Å². The highest BCUT2D eigenvalue weighted by Gasteiger charge is 2.38. The van der Waals surface area contributed by atoms with Crippen LogP contribution in [0.15, 0.2) is 22.5 Å². The third kappa shape index (κ3) is 7.25. The molecule has 2 unspecified atom stereocenters. The predicted molar refractivity (Wildman–Crippen MR) is 125 cm³/mol. The standard InChI is InChI=1S/C16H22ClN5S.C5H10O2/c1-11-6-15(17)12(7-19-11)10-23-16(20-18-2)22-8-13-4-5-14(9-22)21(13)3;1-5(2,3)7-4-6/h6-7,13-14H,2,4-5,8-10H2,1,3H3;4H,1-3H3/b20-16-;. The summed E-state index contributed by atoms with van der Waals surface area (Å²) in [6.45, 7) is 13.4. The zero-order valence-corrected chi connectivity index (χ0v) is 20.0. The van der Waals surface area contributed by atoms with Crippen LogP contribution < -0.4 is 0 Å². The Balaban J connectivity index is 0.000000396. The quantitative estimate of drug-likeness (QED) is 0.297. The second-order valence-electron chi connectivity index (χ2n) is 8.51. The maximum atomic E-state index is 9.60. The molecule has 0 aromatic carbocycles. The minimum atomic E-state index is -0.318. The molecular weight excluding hydrogens is 422 g/mol. The number of fused-ring (bicyclic) bond motifs is 2. The third-order valence-corrected chi connectivity index (χ3v) is 6.50. The van der Waals surface area contributed by atoms with Crippen molar-refractivity contribution in [1.29, 1.82) is 0 Å². The van der Waals surface area contributed by atoms with E-state index in [-0.39, 0.29) is 5.60 Å². The van der Waals surface area contributed by atoms with Crippen LogP contribution >= 0.6 is 23.4 Å². The SMILES string of the molecule is C=N/N=C(\SCc1cnc(C)cc1Cl)N1CC2CCC(C1)N2C.CC(C)(C)OC=O. The molecule has 166 valence electrons. The van der Waals surface area contributed by atoms with E-state index in [1.807, 2.05) is 40.0 Å². The number of aromatic nitrogens is 1. The number of rotatable bonds is 4. The van der Waals surface area contributed by atoms with E-state index in [0.717, 1.165) is 40.3 Å². The first kappa shape index (κ1) is 24.6. The normalized spacial score (nSPS) is 21.7. The Morgan fingerprint density at radius 3 is 2.50 bits per heavy atom. The van der Waals surface area contributed by atoms with E-state index in [1.54, 1.807) is 11.8 Å². The van der Waals surface area contributed by atoms with Crippen LogP contribution in [0.2, 0.25) is 5.02 Å². The number of hydrogen-bond donors (Lipinski definition) is 0. The number of halogens is 1. The third-order valence-electron chi connectivity index (χ3n) is 5.10. The van der Waals surface area contributed by atoms with Crippen molar-refractivity contribution in [3.8, 4) is 0 Å². The van der Waals surface area contributed by atoms with Crippen LogP contribution in [0.1, 0.15) is 44.9 Å². The van der Waals surface area contributed by atoms with Crippen molar-refractivity contribution >= 4 is 41.7 Å². The number of nitrogens with zero attached hydrogens (tertiary/aromatic N) is 5. The average molecular weight is 454 g/mol. The lowest BCUT2D eigenvalue weighted by Crippen LogP contribution is -2.53. The smallest absolute Gasteiger partial charge is 0.293 e. The molecule has 3 heterocycles. The van der Waals surface area contributed by atoms with E-state index < -0.39 is 0 Å². The number of likely N-dealkylation sites (N-methyl/N-ethyl adjacent to an activating group) is 1. The molecule has 1 aromatic heterocycles. The average Bonchev–Trinajstić information content (AvgIpc) is 2.87.